The lowest BCUT2D eigenvalue weighted by Gasteiger charge is -2.13. The molecule has 4 aromatic rings. The Morgan fingerprint density at radius 1 is 1.03 bits per heavy atom. The number of amides is 1. The number of aryl methyl sites for hydroxylation is 2. The highest BCUT2D eigenvalue weighted by atomic mass is 35.5. The average Bonchev–Trinajstić information content (AvgIpc) is 3.30. The largest absolute Gasteiger partial charge is 0.351 e. The SMILES string of the molecule is O=C(Nc1cc2cc(c1)Nc1nc(ncc1Cl)Nc1cccc(c1)CC2)c1ccno1. The van der Waals surface area contributed by atoms with Gasteiger partial charge in [0.1, 0.15) is 5.02 Å². The third kappa shape index (κ3) is 4.34. The van der Waals surface area contributed by atoms with Crippen LogP contribution in [0.3, 0.4) is 0 Å². The lowest BCUT2D eigenvalue weighted by molar-refractivity contribution is 0.0988. The average molecular weight is 433 g/mol. The highest BCUT2D eigenvalue weighted by Gasteiger charge is 2.13. The van der Waals surface area contributed by atoms with Crippen molar-refractivity contribution in [1.82, 2.24) is 15.1 Å². The van der Waals surface area contributed by atoms with E-state index in [1.807, 2.05) is 30.3 Å². The number of benzene rings is 2. The van der Waals surface area contributed by atoms with Gasteiger partial charge in [0, 0.05) is 23.1 Å². The Morgan fingerprint density at radius 2 is 1.90 bits per heavy atom. The van der Waals surface area contributed by atoms with Crippen LogP contribution in [0.1, 0.15) is 21.7 Å². The Balaban J connectivity index is 1.54. The summed E-state index contributed by atoms with van der Waals surface area (Å²) in [4.78, 5) is 21.2. The van der Waals surface area contributed by atoms with Crippen LogP contribution < -0.4 is 16.0 Å². The Hall–Kier alpha value is -3.91. The van der Waals surface area contributed by atoms with E-state index in [0.29, 0.717) is 22.5 Å². The van der Waals surface area contributed by atoms with Crippen molar-refractivity contribution in [2.45, 2.75) is 12.8 Å². The molecule has 0 radical (unpaired) electrons. The van der Waals surface area contributed by atoms with Crippen molar-refractivity contribution in [2.24, 2.45) is 0 Å². The third-order valence-corrected chi connectivity index (χ3v) is 5.08. The van der Waals surface area contributed by atoms with Crippen LogP contribution in [0.4, 0.5) is 28.8 Å². The number of nitrogens with zero attached hydrogens (tertiary/aromatic N) is 3. The van der Waals surface area contributed by atoms with Crippen molar-refractivity contribution in [3.63, 3.8) is 0 Å². The van der Waals surface area contributed by atoms with Crippen LogP contribution in [-0.2, 0) is 12.8 Å². The summed E-state index contributed by atoms with van der Waals surface area (Å²) < 4.78 is 4.94. The molecular formula is C22H17ClN6O2. The lowest BCUT2D eigenvalue weighted by atomic mass is 10.0. The summed E-state index contributed by atoms with van der Waals surface area (Å²) in [7, 11) is 0. The topological polar surface area (TPSA) is 105 Å². The van der Waals surface area contributed by atoms with Gasteiger partial charge in [0.15, 0.2) is 5.82 Å². The van der Waals surface area contributed by atoms with Crippen molar-refractivity contribution in [3.8, 4) is 0 Å². The summed E-state index contributed by atoms with van der Waals surface area (Å²) in [5, 5.41) is 13.3. The van der Waals surface area contributed by atoms with E-state index in [1.54, 1.807) is 6.20 Å². The quantitative estimate of drug-likeness (QED) is 0.411. The number of hydrogen-bond acceptors (Lipinski definition) is 7. The number of nitrogens with one attached hydrogen (secondary N) is 3. The molecule has 0 fully saturated rings. The van der Waals surface area contributed by atoms with Crippen LogP contribution in [-0.4, -0.2) is 21.0 Å². The molecule has 1 aliphatic rings. The van der Waals surface area contributed by atoms with Crippen molar-refractivity contribution in [1.29, 1.82) is 0 Å². The second-order valence-electron chi connectivity index (χ2n) is 7.09. The number of fused-ring (bicyclic) bond motifs is 6. The predicted molar refractivity (Wildman–Crippen MR) is 118 cm³/mol. The van der Waals surface area contributed by atoms with E-state index in [-0.39, 0.29) is 11.7 Å². The molecule has 0 saturated carbocycles. The number of aromatic nitrogens is 3. The molecule has 2 aromatic carbocycles. The summed E-state index contributed by atoms with van der Waals surface area (Å²) in [6.07, 6.45) is 4.57. The van der Waals surface area contributed by atoms with Gasteiger partial charge in [-0.1, -0.05) is 28.9 Å². The van der Waals surface area contributed by atoms with Crippen LogP contribution in [0, 0.1) is 0 Å². The second-order valence-corrected chi connectivity index (χ2v) is 7.50. The lowest BCUT2D eigenvalue weighted by Crippen LogP contribution is -2.11. The van der Waals surface area contributed by atoms with E-state index in [0.717, 1.165) is 29.8 Å². The van der Waals surface area contributed by atoms with E-state index in [2.05, 4.69) is 43.2 Å². The minimum Gasteiger partial charge on any atom is -0.351 e. The zero-order chi connectivity index (χ0) is 21.2. The van der Waals surface area contributed by atoms with Gasteiger partial charge in [-0.05, 0) is 54.3 Å². The number of hydrogen-bond donors (Lipinski definition) is 3. The minimum absolute atomic E-state index is 0.136. The summed E-state index contributed by atoms with van der Waals surface area (Å²) in [5.74, 6) is 0.646. The first-order valence-electron chi connectivity index (χ1n) is 9.64. The monoisotopic (exact) mass is 432 g/mol. The van der Waals surface area contributed by atoms with Crippen LogP contribution in [0.15, 0.2) is 65.4 Å². The van der Waals surface area contributed by atoms with Gasteiger partial charge in [-0.15, -0.1) is 0 Å². The molecule has 0 aliphatic carbocycles. The molecule has 8 nitrogen and oxygen atoms in total. The van der Waals surface area contributed by atoms with Gasteiger partial charge in [0.25, 0.3) is 5.91 Å². The normalized spacial score (nSPS) is 12.4. The molecule has 1 aliphatic heterocycles. The zero-order valence-electron chi connectivity index (χ0n) is 16.2. The summed E-state index contributed by atoms with van der Waals surface area (Å²) in [6.45, 7) is 0. The fraction of sp³-hybridized carbons (Fsp3) is 0.0909. The Morgan fingerprint density at radius 3 is 2.77 bits per heavy atom. The summed E-state index contributed by atoms with van der Waals surface area (Å²) >= 11 is 6.32. The predicted octanol–water partition coefficient (Wildman–Crippen LogP) is 4.96. The van der Waals surface area contributed by atoms with Crippen LogP contribution >= 0.6 is 11.6 Å². The van der Waals surface area contributed by atoms with Gasteiger partial charge >= 0.3 is 0 Å². The van der Waals surface area contributed by atoms with Gasteiger partial charge < -0.3 is 20.5 Å². The first kappa shape index (κ1) is 19.1. The van der Waals surface area contributed by atoms with Crippen molar-refractivity contribution < 1.29 is 9.32 Å². The molecule has 3 N–H and O–H groups in total. The Labute approximate surface area is 182 Å². The molecule has 3 heterocycles. The first-order valence-corrected chi connectivity index (χ1v) is 10.0. The number of halogens is 1. The van der Waals surface area contributed by atoms with E-state index in [1.165, 1.54) is 17.8 Å². The van der Waals surface area contributed by atoms with E-state index in [9.17, 15) is 4.79 Å². The molecule has 31 heavy (non-hydrogen) atoms. The summed E-state index contributed by atoms with van der Waals surface area (Å²) in [6, 6.07) is 15.4. The Kier molecular flexibility index (Phi) is 4.97. The maximum atomic E-state index is 12.4. The van der Waals surface area contributed by atoms with Crippen molar-refractivity contribution in [2.75, 3.05) is 16.0 Å². The molecular weight excluding hydrogens is 416 g/mol. The third-order valence-electron chi connectivity index (χ3n) is 4.80. The maximum Gasteiger partial charge on any atom is 0.294 e. The van der Waals surface area contributed by atoms with Gasteiger partial charge in [-0.3, -0.25) is 4.79 Å². The molecule has 5 rings (SSSR count). The standard InChI is InChI=1S/C22H17ClN6O2/c23-18-12-24-22-28-15-3-1-2-13(8-15)4-5-14-9-16(26-20(18)29-22)11-17(10-14)27-21(30)19-6-7-25-31-19/h1-3,6-12H,4-5H2,(H,27,30)(H2,24,26,28,29). The fourth-order valence-corrected chi connectivity index (χ4v) is 3.52. The molecule has 0 spiro atoms. The van der Waals surface area contributed by atoms with Crippen LogP contribution in [0.2, 0.25) is 5.02 Å². The maximum absolute atomic E-state index is 12.4. The minimum atomic E-state index is -0.377. The van der Waals surface area contributed by atoms with Crippen LogP contribution in [0.25, 0.3) is 0 Å². The molecule has 9 heteroatoms. The number of anilines is 5. The second kappa shape index (κ2) is 8.08. The smallest absolute Gasteiger partial charge is 0.294 e. The number of carbonyl (C=O) groups is 1. The van der Waals surface area contributed by atoms with Crippen molar-refractivity contribution >= 4 is 46.3 Å². The first-order chi connectivity index (χ1) is 15.1. The van der Waals surface area contributed by atoms with Gasteiger partial charge in [0.05, 0.1) is 12.4 Å². The van der Waals surface area contributed by atoms with Gasteiger partial charge in [-0.2, -0.15) is 4.98 Å². The van der Waals surface area contributed by atoms with Crippen LogP contribution in [0.5, 0.6) is 0 Å². The summed E-state index contributed by atoms with van der Waals surface area (Å²) in [5.41, 5.74) is 4.47. The van der Waals surface area contributed by atoms with E-state index in [4.69, 9.17) is 16.1 Å². The molecule has 6 bridgehead atoms. The van der Waals surface area contributed by atoms with Crippen molar-refractivity contribution in [3.05, 3.63) is 82.8 Å². The molecule has 0 atom stereocenters. The molecule has 0 unspecified atom stereocenters. The zero-order valence-corrected chi connectivity index (χ0v) is 17.0. The Bertz CT molecular complexity index is 1260. The van der Waals surface area contributed by atoms with E-state index < -0.39 is 0 Å². The fourth-order valence-electron chi connectivity index (χ4n) is 3.38. The molecule has 2 aromatic heterocycles. The number of rotatable bonds is 2. The molecule has 1 amide bonds. The highest BCUT2D eigenvalue weighted by Crippen LogP contribution is 2.29. The van der Waals surface area contributed by atoms with Gasteiger partial charge in [0.2, 0.25) is 11.7 Å². The number of carbonyl (C=O) groups excluding carboxylic acids is 1. The van der Waals surface area contributed by atoms with E-state index >= 15 is 0 Å². The highest BCUT2D eigenvalue weighted by molar-refractivity contribution is 6.32. The molecule has 0 saturated heterocycles. The van der Waals surface area contributed by atoms with Gasteiger partial charge in [-0.25, -0.2) is 4.98 Å². The molecule has 154 valence electrons.